The zero-order chi connectivity index (χ0) is 15.3. The average molecular weight is 283 g/mol. The van der Waals surface area contributed by atoms with Crippen molar-refractivity contribution in [1.29, 1.82) is 0 Å². The predicted molar refractivity (Wildman–Crippen MR) is 70.6 cm³/mol. The van der Waals surface area contributed by atoms with Gasteiger partial charge in [-0.25, -0.2) is 9.59 Å². The first-order valence-electron chi connectivity index (χ1n) is 6.19. The molecule has 8 heteroatoms. The minimum absolute atomic E-state index is 0.0280. The van der Waals surface area contributed by atoms with Gasteiger partial charge in [-0.2, -0.15) is 0 Å². The fourth-order valence-electron chi connectivity index (χ4n) is 1.77. The molecule has 0 bridgehead atoms. The van der Waals surface area contributed by atoms with Crippen LogP contribution in [0.25, 0.3) is 0 Å². The minimum atomic E-state index is -1.10. The maximum atomic E-state index is 11.6. The Morgan fingerprint density at radius 3 is 2.45 bits per heavy atom. The third-order valence-electron chi connectivity index (χ3n) is 2.90. The van der Waals surface area contributed by atoms with Gasteiger partial charge in [0.15, 0.2) is 0 Å². The number of amides is 1. The van der Waals surface area contributed by atoms with E-state index in [0.717, 1.165) is 0 Å². The van der Waals surface area contributed by atoms with Crippen molar-refractivity contribution in [3.05, 3.63) is 32.1 Å². The van der Waals surface area contributed by atoms with Crippen molar-refractivity contribution in [2.75, 3.05) is 0 Å². The van der Waals surface area contributed by atoms with E-state index in [-0.39, 0.29) is 19.3 Å². The lowest BCUT2D eigenvalue weighted by atomic mass is 10.1. The average Bonchev–Trinajstić information content (AvgIpc) is 2.34. The van der Waals surface area contributed by atoms with E-state index in [2.05, 4.69) is 15.3 Å². The summed E-state index contributed by atoms with van der Waals surface area (Å²) in [7, 11) is 0. The van der Waals surface area contributed by atoms with Gasteiger partial charge in [0.2, 0.25) is 5.91 Å². The fraction of sp³-hybridized carbons (Fsp3) is 0.500. The molecule has 4 N–H and O–H groups in total. The fourth-order valence-corrected chi connectivity index (χ4v) is 1.77. The van der Waals surface area contributed by atoms with Crippen LogP contribution < -0.4 is 16.6 Å². The highest BCUT2D eigenvalue weighted by Gasteiger charge is 2.17. The van der Waals surface area contributed by atoms with Gasteiger partial charge in [-0.05, 0) is 19.8 Å². The quantitative estimate of drug-likeness (QED) is 0.547. The Hall–Kier alpha value is -2.38. The molecule has 1 heterocycles. The number of H-pyrrole nitrogens is 2. The Bertz CT molecular complexity index is 616. The highest BCUT2D eigenvalue weighted by molar-refractivity contribution is 5.83. The van der Waals surface area contributed by atoms with Crippen molar-refractivity contribution in [2.45, 2.75) is 39.2 Å². The monoisotopic (exact) mass is 283 g/mol. The van der Waals surface area contributed by atoms with Gasteiger partial charge < -0.3 is 15.4 Å². The second kappa shape index (κ2) is 6.69. The lowest BCUT2D eigenvalue weighted by Gasteiger charge is -2.12. The number of carboxylic acid groups (broad SMARTS) is 1. The molecular weight excluding hydrogens is 266 g/mol. The number of aryl methyl sites for hydroxylation is 1. The topological polar surface area (TPSA) is 132 Å². The van der Waals surface area contributed by atoms with Gasteiger partial charge in [0, 0.05) is 17.7 Å². The van der Waals surface area contributed by atoms with Crippen molar-refractivity contribution >= 4 is 11.9 Å². The van der Waals surface area contributed by atoms with Gasteiger partial charge in [-0.1, -0.05) is 6.92 Å². The molecule has 0 unspecified atom stereocenters. The SMILES string of the molecule is CC[C@H](NC(=O)CCc1c(C)[nH]c(=O)[nH]c1=O)C(=O)O. The molecule has 1 amide bonds. The molecule has 20 heavy (non-hydrogen) atoms. The number of carboxylic acids is 1. The maximum absolute atomic E-state index is 11.6. The van der Waals surface area contributed by atoms with E-state index in [1.807, 2.05) is 0 Å². The second-order valence-electron chi connectivity index (χ2n) is 4.38. The molecule has 1 aromatic heterocycles. The van der Waals surface area contributed by atoms with Crippen molar-refractivity contribution in [3.63, 3.8) is 0 Å². The van der Waals surface area contributed by atoms with E-state index in [0.29, 0.717) is 11.3 Å². The number of aromatic nitrogens is 2. The third kappa shape index (κ3) is 4.08. The number of rotatable bonds is 6. The van der Waals surface area contributed by atoms with E-state index in [1.165, 1.54) is 0 Å². The summed E-state index contributed by atoms with van der Waals surface area (Å²) >= 11 is 0. The summed E-state index contributed by atoms with van der Waals surface area (Å²) in [4.78, 5) is 49.5. The van der Waals surface area contributed by atoms with Crippen LogP contribution in [0, 0.1) is 6.92 Å². The number of hydrogen-bond donors (Lipinski definition) is 4. The molecule has 0 aliphatic rings. The number of carbonyl (C=O) groups is 2. The Morgan fingerprint density at radius 1 is 1.30 bits per heavy atom. The molecule has 0 fully saturated rings. The van der Waals surface area contributed by atoms with Crippen molar-refractivity contribution in [1.82, 2.24) is 15.3 Å². The first-order chi connectivity index (χ1) is 9.35. The predicted octanol–water partition coefficient (Wildman–Crippen LogP) is -0.716. The van der Waals surface area contributed by atoms with Crippen LogP contribution in [0.15, 0.2) is 9.59 Å². The van der Waals surface area contributed by atoms with E-state index in [4.69, 9.17) is 5.11 Å². The van der Waals surface area contributed by atoms with Crippen molar-refractivity contribution in [2.24, 2.45) is 0 Å². The van der Waals surface area contributed by atoms with Gasteiger partial charge in [-0.15, -0.1) is 0 Å². The molecule has 0 saturated carbocycles. The van der Waals surface area contributed by atoms with Crippen LogP contribution in [-0.4, -0.2) is 33.0 Å². The van der Waals surface area contributed by atoms with Crippen LogP contribution in [0.3, 0.4) is 0 Å². The Balaban J connectivity index is 2.69. The number of hydrogen-bond acceptors (Lipinski definition) is 4. The van der Waals surface area contributed by atoms with Crippen LogP contribution in [0.1, 0.15) is 31.0 Å². The molecule has 0 aliphatic carbocycles. The largest absolute Gasteiger partial charge is 0.480 e. The summed E-state index contributed by atoms with van der Waals surface area (Å²) in [5.74, 6) is -1.55. The molecule has 1 rings (SSSR count). The second-order valence-corrected chi connectivity index (χ2v) is 4.38. The first kappa shape index (κ1) is 15.7. The lowest BCUT2D eigenvalue weighted by Crippen LogP contribution is -2.40. The van der Waals surface area contributed by atoms with Crippen molar-refractivity contribution < 1.29 is 14.7 Å². The number of aromatic amines is 2. The molecule has 110 valence electrons. The van der Waals surface area contributed by atoms with E-state index in [1.54, 1.807) is 13.8 Å². The standard InChI is InChI=1S/C12H17N3O5/c1-3-8(11(18)19)14-9(16)5-4-7-6(2)13-12(20)15-10(7)17/h8H,3-5H2,1-2H3,(H,14,16)(H,18,19)(H2,13,15,17,20)/t8-/m0/s1. The smallest absolute Gasteiger partial charge is 0.326 e. The van der Waals surface area contributed by atoms with Gasteiger partial charge in [0.25, 0.3) is 5.56 Å². The Morgan fingerprint density at radius 2 is 1.95 bits per heavy atom. The molecule has 0 aromatic carbocycles. The van der Waals surface area contributed by atoms with Crippen LogP contribution in [0.5, 0.6) is 0 Å². The number of nitrogens with one attached hydrogen (secondary N) is 3. The molecule has 0 spiro atoms. The molecule has 0 saturated heterocycles. The minimum Gasteiger partial charge on any atom is -0.480 e. The van der Waals surface area contributed by atoms with Crippen LogP contribution in [0.4, 0.5) is 0 Å². The summed E-state index contributed by atoms with van der Waals surface area (Å²) in [6, 6.07) is -0.933. The maximum Gasteiger partial charge on any atom is 0.326 e. The first-order valence-corrected chi connectivity index (χ1v) is 6.19. The van der Waals surface area contributed by atoms with Gasteiger partial charge >= 0.3 is 11.7 Å². The highest BCUT2D eigenvalue weighted by atomic mass is 16.4. The van der Waals surface area contributed by atoms with E-state index >= 15 is 0 Å². The molecule has 1 aromatic rings. The normalized spacial score (nSPS) is 11.9. The molecule has 0 radical (unpaired) electrons. The molecular formula is C12H17N3O5. The third-order valence-corrected chi connectivity index (χ3v) is 2.90. The zero-order valence-electron chi connectivity index (χ0n) is 11.3. The Labute approximate surface area is 114 Å². The lowest BCUT2D eigenvalue weighted by molar-refractivity contribution is -0.141. The van der Waals surface area contributed by atoms with Gasteiger partial charge in [0.05, 0.1) is 0 Å². The molecule has 8 nitrogen and oxygen atoms in total. The van der Waals surface area contributed by atoms with E-state index < -0.39 is 29.2 Å². The number of carbonyl (C=O) groups excluding carboxylic acids is 1. The summed E-state index contributed by atoms with van der Waals surface area (Å²) in [6.45, 7) is 3.21. The van der Waals surface area contributed by atoms with Gasteiger partial charge in [-0.3, -0.25) is 14.6 Å². The zero-order valence-corrected chi connectivity index (χ0v) is 11.3. The number of aliphatic carboxylic acids is 1. The summed E-state index contributed by atoms with van der Waals surface area (Å²) in [6.07, 6.45) is 0.374. The summed E-state index contributed by atoms with van der Waals surface area (Å²) in [5.41, 5.74) is -0.429. The van der Waals surface area contributed by atoms with Crippen LogP contribution in [0.2, 0.25) is 0 Å². The Kier molecular flexibility index (Phi) is 5.24. The van der Waals surface area contributed by atoms with Crippen LogP contribution in [-0.2, 0) is 16.0 Å². The summed E-state index contributed by atoms with van der Waals surface area (Å²) < 4.78 is 0. The van der Waals surface area contributed by atoms with E-state index in [9.17, 15) is 19.2 Å². The molecule has 0 aliphatic heterocycles. The van der Waals surface area contributed by atoms with Crippen LogP contribution >= 0.6 is 0 Å². The van der Waals surface area contributed by atoms with Gasteiger partial charge in [0.1, 0.15) is 6.04 Å². The highest BCUT2D eigenvalue weighted by Crippen LogP contribution is 2.01. The van der Waals surface area contributed by atoms with Crippen molar-refractivity contribution in [3.8, 4) is 0 Å². The summed E-state index contributed by atoms with van der Waals surface area (Å²) in [5, 5.41) is 11.2. The molecule has 1 atom stereocenters.